The number of aryl methyl sites for hydroxylation is 3. The number of imidazole rings is 1. The van der Waals surface area contributed by atoms with Crippen molar-refractivity contribution >= 4 is 0 Å². The number of methoxy groups -OCH3 is 1. The molecule has 1 aliphatic carbocycles. The van der Waals surface area contributed by atoms with E-state index >= 15 is 0 Å². The van der Waals surface area contributed by atoms with E-state index in [0.29, 0.717) is 23.1 Å². The van der Waals surface area contributed by atoms with E-state index in [9.17, 15) is 13.2 Å². The van der Waals surface area contributed by atoms with E-state index in [-0.39, 0.29) is 24.8 Å². The van der Waals surface area contributed by atoms with Crippen LogP contribution in [-0.4, -0.2) is 49.6 Å². The highest BCUT2D eigenvalue weighted by molar-refractivity contribution is 5.45. The Morgan fingerprint density at radius 2 is 1.88 bits per heavy atom. The Hall–Kier alpha value is -2.95. The van der Waals surface area contributed by atoms with Gasteiger partial charge in [-0.3, -0.25) is 0 Å². The van der Waals surface area contributed by atoms with Crippen LogP contribution in [0.1, 0.15) is 55.6 Å². The Morgan fingerprint density at radius 3 is 2.41 bits per heavy atom. The van der Waals surface area contributed by atoms with Crippen molar-refractivity contribution in [2.75, 3.05) is 13.7 Å². The number of rotatable bonds is 7. The number of hydrogen-bond acceptors (Lipinski definition) is 6. The quantitative estimate of drug-likeness (QED) is 0.553. The highest BCUT2D eigenvalue weighted by Gasteiger charge is 2.64. The molecule has 2 heterocycles. The largest absolute Gasteiger partial charge is 0.497 e. The lowest BCUT2D eigenvalue weighted by Crippen LogP contribution is -2.58. The fourth-order valence-electron chi connectivity index (χ4n) is 5.24. The molecule has 1 saturated carbocycles. The van der Waals surface area contributed by atoms with E-state index in [4.69, 9.17) is 4.74 Å². The van der Waals surface area contributed by atoms with Crippen molar-refractivity contribution in [2.24, 2.45) is 17.9 Å². The summed E-state index contributed by atoms with van der Waals surface area (Å²) in [5.74, 6) is 1.58. The standard InChI is InChI=1S/C23H30F3N7O/c1-14-9-16(34-6)7-8-17(14)33-20(29-30-31-33)18(19-28-15(2)10-32(19)5)27-13-22(23(24,25)26)11-21(3,4)12-22/h7-10,18,27H,11-13H2,1-6H3. The van der Waals surface area contributed by atoms with Gasteiger partial charge in [-0.1, -0.05) is 13.8 Å². The predicted molar refractivity (Wildman–Crippen MR) is 120 cm³/mol. The maximum atomic E-state index is 14.1. The van der Waals surface area contributed by atoms with Crippen LogP contribution < -0.4 is 10.1 Å². The SMILES string of the molecule is COc1ccc(-n2nnnc2C(NCC2(C(F)(F)F)CC(C)(C)C2)c2nc(C)cn2C)c(C)c1. The molecule has 0 amide bonds. The van der Waals surface area contributed by atoms with Gasteiger partial charge in [0.2, 0.25) is 0 Å². The van der Waals surface area contributed by atoms with Gasteiger partial charge in [-0.25, -0.2) is 4.98 Å². The minimum atomic E-state index is -4.32. The molecular formula is C23H30F3N7O. The van der Waals surface area contributed by atoms with Gasteiger partial charge in [0.15, 0.2) is 5.82 Å². The number of ether oxygens (including phenoxy) is 1. The summed E-state index contributed by atoms with van der Waals surface area (Å²) in [5, 5.41) is 15.4. The van der Waals surface area contributed by atoms with Crippen molar-refractivity contribution in [2.45, 2.75) is 52.8 Å². The van der Waals surface area contributed by atoms with Gasteiger partial charge in [0.25, 0.3) is 0 Å². The first kappa shape index (κ1) is 24.2. The molecule has 0 saturated heterocycles. The molecule has 1 unspecified atom stereocenters. The maximum Gasteiger partial charge on any atom is 0.395 e. The second kappa shape index (κ2) is 8.37. The third-order valence-electron chi connectivity index (χ3n) is 6.55. The van der Waals surface area contributed by atoms with Crippen LogP contribution in [0.2, 0.25) is 0 Å². The summed E-state index contributed by atoms with van der Waals surface area (Å²) in [4.78, 5) is 4.58. The molecule has 1 fully saturated rings. The molecule has 1 N–H and O–H groups in total. The molecule has 0 spiro atoms. The fraction of sp³-hybridized carbons (Fsp3) is 0.565. The highest BCUT2D eigenvalue weighted by atomic mass is 19.4. The topological polar surface area (TPSA) is 82.7 Å². The smallest absolute Gasteiger partial charge is 0.395 e. The number of aromatic nitrogens is 6. The zero-order chi connectivity index (χ0) is 24.9. The van der Waals surface area contributed by atoms with Crippen molar-refractivity contribution in [3.8, 4) is 11.4 Å². The van der Waals surface area contributed by atoms with Crippen molar-refractivity contribution in [3.63, 3.8) is 0 Å². The van der Waals surface area contributed by atoms with E-state index in [1.54, 1.807) is 22.4 Å². The minimum absolute atomic E-state index is 0.0609. The lowest BCUT2D eigenvalue weighted by Gasteiger charge is -2.54. The molecule has 2 aromatic heterocycles. The summed E-state index contributed by atoms with van der Waals surface area (Å²) >= 11 is 0. The molecule has 11 heteroatoms. The first-order valence-electron chi connectivity index (χ1n) is 11.1. The Kier molecular flexibility index (Phi) is 5.95. The van der Waals surface area contributed by atoms with Gasteiger partial charge in [-0.2, -0.15) is 17.9 Å². The van der Waals surface area contributed by atoms with Gasteiger partial charge < -0.3 is 14.6 Å². The van der Waals surface area contributed by atoms with Gasteiger partial charge >= 0.3 is 6.18 Å². The van der Waals surface area contributed by atoms with Crippen LogP contribution in [0, 0.1) is 24.7 Å². The molecule has 8 nitrogen and oxygen atoms in total. The Labute approximate surface area is 196 Å². The van der Waals surface area contributed by atoms with Crippen molar-refractivity contribution in [3.05, 3.63) is 47.3 Å². The highest BCUT2D eigenvalue weighted by Crippen LogP contribution is 2.61. The molecular weight excluding hydrogens is 447 g/mol. The number of hydrogen-bond donors (Lipinski definition) is 1. The lowest BCUT2D eigenvalue weighted by atomic mass is 9.54. The molecule has 1 aromatic carbocycles. The zero-order valence-electron chi connectivity index (χ0n) is 20.2. The zero-order valence-corrected chi connectivity index (χ0v) is 20.2. The normalized spacial score (nSPS) is 17.9. The van der Waals surface area contributed by atoms with Crippen molar-refractivity contribution in [1.29, 1.82) is 0 Å². The summed E-state index contributed by atoms with van der Waals surface area (Å²) in [6.45, 7) is 7.20. The number of nitrogens with zero attached hydrogens (tertiary/aromatic N) is 6. The Balaban J connectivity index is 1.74. The van der Waals surface area contributed by atoms with Crippen LogP contribution in [-0.2, 0) is 7.05 Å². The predicted octanol–water partition coefficient (Wildman–Crippen LogP) is 4.07. The minimum Gasteiger partial charge on any atom is -0.497 e. The van der Waals surface area contributed by atoms with Gasteiger partial charge in [0.05, 0.1) is 23.9 Å². The third kappa shape index (κ3) is 4.28. The Morgan fingerprint density at radius 1 is 1.18 bits per heavy atom. The molecule has 34 heavy (non-hydrogen) atoms. The van der Waals surface area contributed by atoms with E-state index in [1.165, 1.54) is 0 Å². The lowest BCUT2D eigenvalue weighted by molar-refractivity contribution is -0.275. The fourth-order valence-corrected chi connectivity index (χ4v) is 5.24. The van der Waals surface area contributed by atoms with Crippen LogP contribution in [0.5, 0.6) is 5.75 Å². The average Bonchev–Trinajstić information content (AvgIpc) is 3.32. The van der Waals surface area contributed by atoms with Crippen LogP contribution in [0.4, 0.5) is 13.2 Å². The van der Waals surface area contributed by atoms with E-state index in [1.807, 2.05) is 53.1 Å². The number of benzene rings is 1. The number of nitrogens with one attached hydrogen (secondary N) is 1. The molecule has 3 aromatic rings. The van der Waals surface area contributed by atoms with Gasteiger partial charge in [-0.05, 0) is 66.3 Å². The molecule has 184 valence electrons. The second-order valence-electron chi connectivity index (χ2n) is 10.1. The molecule has 0 bridgehead atoms. The van der Waals surface area contributed by atoms with Gasteiger partial charge in [0.1, 0.15) is 17.6 Å². The van der Waals surface area contributed by atoms with Crippen molar-refractivity contribution in [1.82, 2.24) is 35.1 Å². The number of alkyl halides is 3. The summed E-state index contributed by atoms with van der Waals surface area (Å²) in [5.41, 5.74) is 0.153. The maximum absolute atomic E-state index is 14.1. The second-order valence-corrected chi connectivity index (χ2v) is 10.1. The van der Waals surface area contributed by atoms with E-state index in [0.717, 1.165) is 11.3 Å². The number of tetrazole rings is 1. The summed E-state index contributed by atoms with van der Waals surface area (Å²) in [6.07, 6.45) is -2.38. The van der Waals surface area contributed by atoms with Crippen LogP contribution in [0.25, 0.3) is 5.69 Å². The van der Waals surface area contributed by atoms with E-state index < -0.39 is 17.6 Å². The van der Waals surface area contributed by atoms with Gasteiger partial charge in [0, 0.05) is 19.8 Å². The molecule has 4 rings (SSSR count). The van der Waals surface area contributed by atoms with Crippen LogP contribution in [0.3, 0.4) is 0 Å². The Bertz CT molecular complexity index is 1170. The molecule has 1 atom stereocenters. The average molecular weight is 478 g/mol. The van der Waals surface area contributed by atoms with Crippen molar-refractivity contribution < 1.29 is 17.9 Å². The summed E-state index contributed by atoms with van der Waals surface area (Å²) in [6, 6.07) is 4.71. The first-order chi connectivity index (χ1) is 15.9. The van der Waals surface area contributed by atoms with Crippen LogP contribution >= 0.6 is 0 Å². The molecule has 0 aliphatic heterocycles. The van der Waals surface area contributed by atoms with E-state index in [2.05, 4.69) is 25.8 Å². The van der Waals surface area contributed by atoms with Gasteiger partial charge in [-0.15, -0.1) is 5.10 Å². The monoisotopic (exact) mass is 477 g/mol. The summed E-state index contributed by atoms with van der Waals surface area (Å²) in [7, 11) is 3.39. The molecule has 0 radical (unpaired) electrons. The number of halogens is 3. The third-order valence-corrected chi connectivity index (χ3v) is 6.55. The first-order valence-corrected chi connectivity index (χ1v) is 11.1. The van der Waals surface area contributed by atoms with Crippen LogP contribution in [0.15, 0.2) is 24.4 Å². The summed E-state index contributed by atoms with van der Waals surface area (Å²) < 4.78 is 51.0. The molecule has 1 aliphatic rings.